The maximum Gasteiger partial charge on any atom is 0.328 e. The molecule has 3 rings (SSSR count). The summed E-state index contributed by atoms with van der Waals surface area (Å²) in [5, 5.41) is 46.2. The van der Waals surface area contributed by atoms with E-state index in [0.29, 0.717) is 11.1 Å². The minimum Gasteiger partial charge on any atom is -0.508 e. The van der Waals surface area contributed by atoms with Crippen molar-refractivity contribution in [2.24, 2.45) is 5.73 Å². The lowest BCUT2D eigenvalue weighted by Crippen LogP contribution is -2.59. The fourth-order valence-electron chi connectivity index (χ4n) is 4.10. The quantitative estimate of drug-likeness (QED) is 0.124. The Kier molecular flexibility index (Phi) is 10.2. The number of aromatic hydroxyl groups is 1. The van der Waals surface area contributed by atoms with Crippen LogP contribution in [0.2, 0.25) is 0 Å². The zero-order valence-electron chi connectivity index (χ0n) is 21.7. The molecule has 3 aromatic rings. The van der Waals surface area contributed by atoms with Crippen LogP contribution in [-0.2, 0) is 32.0 Å². The van der Waals surface area contributed by atoms with Crippen LogP contribution in [-0.4, -0.2) is 86.0 Å². The predicted molar refractivity (Wildman–Crippen MR) is 144 cm³/mol. The first kappa shape index (κ1) is 30.1. The highest BCUT2D eigenvalue weighted by Gasteiger charge is 2.32. The molecule has 5 unspecified atom stereocenters. The first-order valence-corrected chi connectivity index (χ1v) is 12.5. The lowest BCUT2D eigenvalue weighted by molar-refractivity contribution is -0.145. The molecule has 13 nitrogen and oxygen atoms in total. The molecule has 214 valence electrons. The second-order valence-electron chi connectivity index (χ2n) is 9.41. The summed E-state index contributed by atoms with van der Waals surface area (Å²) in [5.74, 6) is -3.95. The average molecular weight is 556 g/mol. The molecule has 0 radical (unpaired) electrons. The van der Waals surface area contributed by atoms with Crippen molar-refractivity contribution < 1.29 is 39.6 Å². The number of carboxylic acid groups (broad SMARTS) is 1. The molecular weight excluding hydrogens is 522 g/mol. The van der Waals surface area contributed by atoms with Gasteiger partial charge < -0.3 is 47.1 Å². The summed E-state index contributed by atoms with van der Waals surface area (Å²) in [6, 6.07) is 7.76. The Morgan fingerprint density at radius 2 is 1.52 bits per heavy atom. The molecule has 40 heavy (non-hydrogen) atoms. The maximum atomic E-state index is 13.1. The average Bonchev–Trinajstić information content (AvgIpc) is 3.33. The normalized spacial score (nSPS) is 14.9. The number of aliphatic hydroxyl groups excluding tert-OH is 2. The number of fused-ring (bicyclic) bond motifs is 1. The van der Waals surface area contributed by atoms with Crippen LogP contribution in [0.1, 0.15) is 18.1 Å². The van der Waals surface area contributed by atoms with Gasteiger partial charge in [-0.2, -0.15) is 0 Å². The summed E-state index contributed by atoms with van der Waals surface area (Å²) in [4.78, 5) is 53.4. The van der Waals surface area contributed by atoms with Gasteiger partial charge in [0.05, 0.1) is 18.8 Å². The zero-order valence-corrected chi connectivity index (χ0v) is 21.7. The number of aromatic nitrogens is 1. The Labute approximate surface area is 229 Å². The number of hydrogen-bond donors (Lipinski definition) is 9. The minimum atomic E-state index is -1.64. The molecule has 1 heterocycles. The molecule has 5 atom stereocenters. The number of H-pyrrole nitrogens is 1. The number of carbonyl (C=O) groups is 4. The predicted octanol–water partition coefficient (Wildman–Crippen LogP) is -1.10. The van der Waals surface area contributed by atoms with Crippen LogP contribution < -0.4 is 21.7 Å². The summed E-state index contributed by atoms with van der Waals surface area (Å²) < 4.78 is 0. The van der Waals surface area contributed by atoms with Gasteiger partial charge in [0.15, 0.2) is 6.04 Å². The van der Waals surface area contributed by atoms with Gasteiger partial charge in [-0.25, -0.2) is 4.79 Å². The van der Waals surface area contributed by atoms with E-state index in [4.69, 9.17) is 5.73 Å². The molecule has 0 spiro atoms. The third kappa shape index (κ3) is 7.79. The Bertz CT molecular complexity index is 1340. The number of nitrogens with one attached hydrogen (secondary N) is 4. The van der Waals surface area contributed by atoms with E-state index in [1.165, 1.54) is 19.1 Å². The maximum absolute atomic E-state index is 13.1. The van der Waals surface area contributed by atoms with Crippen molar-refractivity contribution in [1.29, 1.82) is 0 Å². The first-order chi connectivity index (χ1) is 19.0. The lowest BCUT2D eigenvalue weighted by atomic mass is 10.0. The fourth-order valence-corrected chi connectivity index (χ4v) is 4.10. The van der Waals surface area contributed by atoms with Crippen molar-refractivity contribution in [3.05, 3.63) is 65.9 Å². The number of benzene rings is 2. The molecule has 1 aromatic heterocycles. The number of aliphatic carboxylic acids is 1. The Hall–Kier alpha value is -4.46. The number of para-hydroxylation sites is 1. The molecule has 0 fully saturated rings. The van der Waals surface area contributed by atoms with Crippen molar-refractivity contribution in [1.82, 2.24) is 20.9 Å². The van der Waals surface area contributed by atoms with E-state index in [1.807, 2.05) is 12.1 Å². The molecule has 2 aromatic carbocycles. The summed E-state index contributed by atoms with van der Waals surface area (Å²) in [6.07, 6.45) is 0.243. The van der Waals surface area contributed by atoms with Gasteiger partial charge in [0, 0.05) is 23.5 Å². The summed E-state index contributed by atoms with van der Waals surface area (Å²) >= 11 is 0. The Morgan fingerprint density at radius 1 is 0.900 bits per heavy atom. The van der Waals surface area contributed by atoms with Gasteiger partial charge in [-0.15, -0.1) is 0 Å². The van der Waals surface area contributed by atoms with Crippen molar-refractivity contribution >= 4 is 34.6 Å². The number of hydrogen-bond acceptors (Lipinski definition) is 8. The van der Waals surface area contributed by atoms with Crippen molar-refractivity contribution in [2.45, 2.75) is 50.0 Å². The number of amides is 3. The van der Waals surface area contributed by atoms with Crippen LogP contribution >= 0.6 is 0 Å². The molecule has 0 saturated carbocycles. The standard InChI is InChI=1S/C27H33N5O8/c1-14(34)23(27(39)40)32-25(37)21(11-16-12-29-20-5-3-2-4-18(16)20)30-26(38)22(13-33)31-24(36)19(28)10-15-6-8-17(35)9-7-15/h2-9,12,14,19,21-23,29,33-35H,10-11,13,28H2,1H3,(H,30,38)(H,31,36)(H,32,37)(H,39,40). The van der Waals surface area contributed by atoms with Gasteiger partial charge in [0.25, 0.3) is 0 Å². The first-order valence-electron chi connectivity index (χ1n) is 12.5. The van der Waals surface area contributed by atoms with Crippen LogP contribution in [0, 0.1) is 0 Å². The van der Waals surface area contributed by atoms with E-state index >= 15 is 0 Å². The van der Waals surface area contributed by atoms with Crippen LogP contribution in [0.25, 0.3) is 10.9 Å². The Morgan fingerprint density at radius 3 is 2.15 bits per heavy atom. The molecule has 0 aliphatic rings. The summed E-state index contributed by atoms with van der Waals surface area (Å²) in [7, 11) is 0. The molecule has 0 aliphatic carbocycles. The van der Waals surface area contributed by atoms with Gasteiger partial charge in [-0.3, -0.25) is 14.4 Å². The van der Waals surface area contributed by atoms with E-state index in [9.17, 15) is 39.6 Å². The molecule has 0 saturated heterocycles. The third-order valence-corrected chi connectivity index (χ3v) is 6.32. The monoisotopic (exact) mass is 555 g/mol. The number of phenolic OH excluding ortho intramolecular Hbond substituents is 1. The Balaban J connectivity index is 1.75. The number of aromatic amines is 1. The van der Waals surface area contributed by atoms with Crippen molar-refractivity contribution in [2.75, 3.05) is 6.61 Å². The van der Waals surface area contributed by atoms with E-state index in [1.54, 1.807) is 30.5 Å². The second kappa shape index (κ2) is 13.6. The molecule has 10 N–H and O–H groups in total. The number of rotatable bonds is 13. The highest BCUT2D eigenvalue weighted by atomic mass is 16.4. The van der Waals surface area contributed by atoms with Gasteiger partial charge in [-0.1, -0.05) is 30.3 Å². The number of carbonyl (C=O) groups excluding carboxylic acids is 3. The van der Waals surface area contributed by atoms with Gasteiger partial charge in [-0.05, 0) is 42.7 Å². The SMILES string of the molecule is CC(O)C(NC(=O)C(Cc1c[nH]c2ccccc12)NC(=O)C(CO)NC(=O)C(N)Cc1ccc(O)cc1)C(=O)O. The molecule has 0 bridgehead atoms. The molecular formula is C27H33N5O8. The molecule has 13 heteroatoms. The van der Waals surface area contributed by atoms with Crippen LogP contribution in [0.4, 0.5) is 0 Å². The molecule has 3 amide bonds. The van der Waals surface area contributed by atoms with Crippen molar-refractivity contribution in [3.63, 3.8) is 0 Å². The summed E-state index contributed by atoms with van der Waals surface area (Å²) in [5.41, 5.74) is 8.03. The molecule has 0 aliphatic heterocycles. The van der Waals surface area contributed by atoms with Crippen LogP contribution in [0.3, 0.4) is 0 Å². The lowest BCUT2D eigenvalue weighted by Gasteiger charge is -2.25. The highest BCUT2D eigenvalue weighted by molar-refractivity contribution is 5.95. The third-order valence-electron chi connectivity index (χ3n) is 6.32. The highest BCUT2D eigenvalue weighted by Crippen LogP contribution is 2.19. The van der Waals surface area contributed by atoms with Crippen molar-refractivity contribution in [3.8, 4) is 5.75 Å². The van der Waals surface area contributed by atoms with Gasteiger partial charge >= 0.3 is 5.97 Å². The van der Waals surface area contributed by atoms with E-state index in [-0.39, 0.29) is 18.6 Å². The summed E-state index contributed by atoms with van der Waals surface area (Å²) in [6.45, 7) is 0.390. The smallest absolute Gasteiger partial charge is 0.328 e. The van der Waals surface area contributed by atoms with Crippen LogP contribution in [0.5, 0.6) is 5.75 Å². The fraction of sp³-hybridized carbons (Fsp3) is 0.333. The second-order valence-corrected chi connectivity index (χ2v) is 9.41. The van der Waals surface area contributed by atoms with Gasteiger partial charge in [0.1, 0.15) is 17.8 Å². The minimum absolute atomic E-state index is 0.0492. The topological polar surface area (TPSA) is 227 Å². The largest absolute Gasteiger partial charge is 0.508 e. The van der Waals surface area contributed by atoms with E-state index < -0.39 is 60.6 Å². The number of aliphatic hydroxyl groups is 2. The zero-order chi connectivity index (χ0) is 29.4. The van der Waals surface area contributed by atoms with Gasteiger partial charge in [0.2, 0.25) is 17.7 Å². The number of carboxylic acids is 1. The van der Waals surface area contributed by atoms with Crippen LogP contribution in [0.15, 0.2) is 54.7 Å². The number of nitrogens with two attached hydrogens (primary N) is 1. The van der Waals surface area contributed by atoms with E-state index in [0.717, 1.165) is 10.9 Å². The number of phenols is 1. The van der Waals surface area contributed by atoms with E-state index in [2.05, 4.69) is 20.9 Å².